The largest absolute Gasteiger partial charge is 0.481 e. The van der Waals surface area contributed by atoms with Crippen LogP contribution in [-0.2, 0) is 14.4 Å². The van der Waals surface area contributed by atoms with E-state index in [1.165, 1.54) is 32.1 Å². The third kappa shape index (κ3) is 11.5. The average Bonchev–Trinajstić information content (AvgIpc) is 2.82. The number of dihydropyridines is 1. The molecule has 0 bridgehead atoms. The lowest BCUT2D eigenvalue weighted by molar-refractivity contribution is -0.146. The number of unbranched alkanes of at least 4 members (excludes halogenated alkanes) is 1. The Balaban J connectivity index is 2.71. The van der Waals surface area contributed by atoms with Crippen LogP contribution in [0.1, 0.15) is 66.2 Å². The molecule has 0 radical (unpaired) electrons. The summed E-state index contributed by atoms with van der Waals surface area (Å²) in [6.07, 6.45) is 10.0. The summed E-state index contributed by atoms with van der Waals surface area (Å²) in [5.41, 5.74) is -0.0250. The number of hydrogen-bond acceptors (Lipinski definition) is 4. The zero-order valence-corrected chi connectivity index (χ0v) is 22.7. The summed E-state index contributed by atoms with van der Waals surface area (Å²) in [6, 6.07) is 0. The van der Waals surface area contributed by atoms with Gasteiger partial charge in [0.15, 0.2) is 11.6 Å². The summed E-state index contributed by atoms with van der Waals surface area (Å²) >= 11 is 0. The van der Waals surface area contributed by atoms with Gasteiger partial charge in [0.1, 0.15) is 6.42 Å². The van der Waals surface area contributed by atoms with Crippen LogP contribution in [0.3, 0.4) is 0 Å². The van der Waals surface area contributed by atoms with Crippen LogP contribution >= 0.6 is 0 Å². The number of halogens is 3. The molecule has 5 nitrogen and oxygen atoms in total. The molecule has 1 rings (SSSR count). The second-order valence-electron chi connectivity index (χ2n) is 10.2. The number of hydrogen-bond donors (Lipinski definition) is 2. The molecule has 0 aliphatic carbocycles. The molecule has 1 aliphatic rings. The number of Topliss-reactive ketones (excluding diaryl/α,β-unsaturated/α-hetero) is 2. The predicted molar refractivity (Wildman–Crippen MR) is 144 cm³/mol. The summed E-state index contributed by atoms with van der Waals surface area (Å²) in [4.78, 5) is 36.0. The normalized spacial score (nSPS) is 16.6. The summed E-state index contributed by atoms with van der Waals surface area (Å²) in [6.45, 7) is 10.9. The number of carboxylic acids is 1. The maximum atomic E-state index is 13.5. The van der Waals surface area contributed by atoms with E-state index in [0.29, 0.717) is 19.3 Å². The Bertz CT molecular complexity index is 1010. The van der Waals surface area contributed by atoms with Crippen molar-refractivity contribution in [3.8, 4) is 0 Å². The number of aliphatic carboxylic acids is 1. The molecular formula is C30H40F3NO4. The standard InChI is InChI=1S/C30H40F3NO4/c1-6-23(28(38)29(4,5)26(35)20-27(36)37)18-21(2)13-11-15-24(30(31,32)33)14-8-7-12-22(3)19-25-16-9-10-17-34-25/h6,9-11,13-14,16,19,21,23,34H,1,7-8,12,15,17-18,20H2,2-5H3,(H,36,37)/b13-11+,22-19+,24-14+. The minimum absolute atomic E-state index is 0.250. The highest BCUT2D eigenvalue weighted by Crippen LogP contribution is 2.31. The maximum Gasteiger partial charge on any atom is 0.412 e. The monoisotopic (exact) mass is 535 g/mol. The fourth-order valence-corrected chi connectivity index (χ4v) is 4.06. The highest BCUT2D eigenvalue weighted by Gasteiger charge is 2.39. The van der Waals surface area contributed by atoms with Crippen LogP contribution in [0.5, 0.6) is 0 Å². The van der Waals surface area contributed by atoms with Gasteiger partial charge in [-0.25, -0.2) is 0 Å². The summed E-state index contributed by atoms with van der Waals surface area (Å²) in [7, 11) is 0. The van der Waals surface area contributed by atoms with Gasteiger partial charge < -0.3 is 10.4 Å². The van der Waals surface area contributed by atoms with Crippen molar-refractivity contribution in [2.75, 3.05) is 6.54 Å². The van der Waals surface area contributed by atoms with Gasteiger partial charge in [0.25, 0.3) is 0 Å². The first-order chi connectivity index (χ1) is 17.7. The third-order valence-electron chi connectivity index (χ3n) is 6.44. The molecule has 210 valence electrons. The Hall–Kier alpha value is -3.16. The number of ketones is 2. The first-order valence-electron chi connectivity index (χ1n) is 12.8. The number of rotatable bonds is 16. The minimum atomic E-state index is -4.43. The summed E-state index contributed by atoms with van der Waals surface area (Å²) in [5.74, 6) is -3.45. The van der Waals surface area contributed by atoms with Crippen molar-refractivity contribution in [1.29, 1.82) is 0 Å². The molecule has 0 aromatic heterocycles. The highest BCUT2D eigenvalue weighted by atomic mass is 19.4. The van der Waals surface area contributed by atoms with E-state index in [1.54, 1.807) is 13.0 Å². The Labute approximate surface area is 224 Å². The van der Waals surface area contributed by atoms with E-state index in [-0.39, 0.29) is 18.8 Å². The molecule has 1 aliphatic heterocycles. The quantitative estimate of drug-likeness (QED) is 0.126. The van der Waals surface area contributed by atoms with Gasteiger partial charge in [-0.1, -0.05) is 49.0 Å². The molecule has 0 aromatic rings. The van der Waals surface area contributed by atoms with Crippen LogP contribution in [0.15, 0.2) is 72.0 Å². The van der Waals surface area contributed by atoms with Crippen molar-refractivity contribution in [2.45, 2.75) is 72.4 Å². The topological polar surface area (TPSA) is 83.5 Å². The van der Waals surface area contributed by atoms with Gasteiger partial charge >= 0.3 is 12.1 Å². The zero-order chi connectivity index (χ0) is 28.9. The second-order valence-corrected chi connectivity index (χ2v) is 10.2. The molecule has 8 heteroatoms. The van der Waals surface area contributed by atoms with E-state index in [1.807, 2.05) is 31.2 Å². The van der Waals surface area contributed by atoms with Crippen molar-refractivity contribution < 1.29 is 32.7 Å². The fraction of sp³-hybridized carbons (Fsp3) is 0.500. The number of allylic oxidation sites excluding steroid dienone is 9. The van der Waals surface area contributed by atoms with Crippen molar-refractivity contribution >= 4 is 17.5 Å². The van der Waals surface area contributed by atoms with Crippen molar-refractivity contribution in [3.05, 3.63) is 72.0 Å². The summed E-state index contributed by atoms with van der Waals surface area (Å²) in [5, 5.41) is 12.1. The van der Waals surface area contributed by atoms with Crippen molar-refractivity contribution in [1.82, 2.24) is 5.32 Å². The van der Waals surface area contributed by atoms with Gasteiger partial charge in [-0.05, 0) is 70.9 Å². The lowest BCUT2D eigenvalue weighted by Gasteiger charge is -2.26. The van der Waals surface area contributed by atoms with Gasteiger partial charge in [0.05, 0.1) is 5.41 Å². The number of carbonyl (C=O) groups excluding carboxylic acids is 2. The van der Waals surface area contributed by atoms with Gasteiger partial charge in [0, 0.05) is 23.7 Å². The van der Waals surface area contributed by atoms with E-state index in [4.69, 9.17) is 5.11 Å². The van der Waals surface area contributed by atoms with E-state index < -0.39 is 47.0 Å². The van der Waals surface area contributed by atoms with Gasteiger partial charge in [-0.2, -0.15) is 13.2 Å². The number of carboxylic acid groups (broad SMARTS) is 1. The molecule has 0 saturated heterocycles. The average molecular weight is 536 g/mol. The molecule has 2 atom stereocenters. The van der Waals surface area contributed by atoms with E-state index in [0.717, 1.165) is 17.8 Å². The second kappa shape index (κ2) is 15.3. The van der Waals surface area contributed by atoms with Crippen LogP contribution in [0.2, 0.25) is 0 Å². The first-order valence-corrected chi connectivity index (χ1v) is 12.8. The molecule has 0 aromatic carbocycles. The van der Waals surface area contributed by atoms with Crippen molar-refractivity contribution in [2.24, 2.45) is 17.3 Å². The highest BCUT2D eigenvalue weighted by molar-refractivity contribution is 6.11. The van der Waals surface area contributed by atoms with Gasteiger partial charge in [-0.3, -0.25) is 14.4 Å². The van der Waals surface area contributed by atoms with Crippen LogP contribution in [-0.4, -0.2) is 35.4 Å². The number of nitrogens with one attached hydrogen (secondary N) is 1. The number of alkyl halides is 3. The molecule has 0 fully saturated rings. The Morgan fingerprint density at radius 1 is 1.24 bits per heavy atom. The molecular weight excluding hydrogens is 495 g/mol. The Morgan fingerprint density at radius 3 is 2.47 bits per heavy atom. The van der Waals surface area contributed by atoms with Crippen LogP contribution in [0.25, 0.3) is 0 Å². The minimum Gasteiger partial charge on any atom is -0.481 e. The smallest absolute Gasteiger partial charge is 0.412 e. The maximum absolute atomic E-state index is 13.5. The molecule has 38 heavy (non-hydrogen) atoms. The zero-order valence-electron chi connectivity index (χ0n) is 22.7. The van der Waals surface area contributed by atoms with Gasteiger partial charge in [0.2, 0.25) is 0 Å². The van der Waals surface area contributed by atoms with Gasteiger partial charge in [-0.15, -0.1) is 6.58 Å². The van der Waals surface area contributed by atoms with E-state index >= 15 is 0 Å². The van der Waals surface area contributed by atoms with Crippen LogP contribution in [0.4, 0.5) is 13.2 Å². The number of carbonyl (C=O) groups is 3. The van der Waals surface area contributed by atoms with Crippen molar-refractivity contribution in [3.63, 3.8) is 0 Å². The molecule has 1 heterocycles. The van der Waals surface area contributed by atoms with E-state index in [9.17, 15) is 27.6 Å². The lowest BCUT2D eigenvalue weighted by Crippen LogP contribution is -2.38. The predicted octanol–water partition coefficient (Wildman–Crippen LogP) is 7.05. The SMILES string of the molecule is C=CC(CC(C)/C=C/C/C(=C\CCC/C(C)=C/C1=CC=CCN1)C(F)(F)F)C(=O)C(C)(C)C(=O)CC(=O)O. The third-order valence-corrected chi connectivity index (χ3v) is 6.44. The van der Waals surface area contributed by atoms with E-state index in [2.05, 4.69) is 11.9 Å². The Morgan fingerprint density at radius 2 is 1.92 bits per heavy atom. The molecule has 0 spiro atoms. The van der Waals surface area contributed by atoms with Crippen LogP contribution in [0, 0.1) is 17.3 Å². The molecule has 0 amide bonds. The molecule has 2 N–H and O–H groups in total. The Kier molecular flexibility index (Phi) is 13.2. The molecule has 2 unspecified atom stereocenters. The molecule has 0 saturated carbocycles. The van der Waals surface area contributed by atoms with Crippen LogP contribution < -0.4 is 5.32 Å². The summed E-state index contributed by atoms with van der Waals surface area (Å²) < 4.78 is 40.6. The lowest BCUT2D eigenvalue weighted by atomic mass is 9.74. The fourth-order valence-electron chi connectivity index (χ4n) is 4.06. The first kappa shape index (κ1) is 32.9.